The van der Waals surface area contributed by atoms with Crippen molar-refractivity contribution in [2.75, 3.05) is 4.90 Å². The summed E-state index contributed by atoms with van der Waals surface area (Å²) in [6.07, 6.45) is 0. The zero-order valence-electron chi connectivity index (χ0n) is 35.3. The number of anilines is 3. The van der Waals surface area contributed by atoms with Gasteiger partial charge in [0.2, 0.25) is 0 Å². The number of hydrogen-bond acceptors (Lipinski definition) is 1. The van der Waals surface area contributed by atoms with Gasteiger partial charge in [0.25, 0.3) is 0 Å². The van der Waals surface area contributed by atoms with E-state index in [1.165, 1.54) is 99.8 Å². The lowest BCUT2D eigenvalue weighted by Gasteiger charge is -2.32. The fourth-order valence-corrected chi connectivity index (χ4v) is 11.6. The van der Waals surface area contributed by atoms with Crippen LogP contribution >= 0.6 is 0 Å². The van der Waals surface area contributed by atoms with Crippen molar-refractivity contribution < 1.29 is 0 Å². The summed E-state index contributed by atoms with van der Waals surface area (Å²) in [4.78, 5) is 2.49. The van der Waals surface area contributed by atoms with Crippen molar-refractivity contribution in [1.82, 2.24) is 0 Å². The summed E-state index contributed by atoms with van der Waals surface area (Å²) in [6.45, 7) is 4.76. The monoisotopic (exact) mass is 801 g/mol. The molecule has 0 radical (unpaired) electrons. The molecule has 1 spiro atoms. The largest absolute Gasteiger partial charge is 0.310 e. The molecule has 0 heterocycles. The Morgan fingerprint density at radius 3 is 1.51 bits per heavy atom. The molecule has 0 fully saturated rings. The summed E-state index contributed by atoms with van der Waals surface area (Å²) in [5.41, 5.74) is 23.7. The van der Waals surface area contributed by atoms with E-state index in [-0.39, 0.29) is 5.41 Å². The van der Waals surface area contributed by atoms with Crippen LogP contribution < -0.4 is 4.90 Å². The maximum absolute atomic E-state index is 2.51. The van der Waals surface area contributed by atoms with Gasteiger partial charge < -0.3 is 4.90 Å². The number of fused-ring (bicyclic) bond motifs is 14. The van der Waals surface area contributed by atoms with E-state index in [4.69, 9.17) is 0 Å². The van der Waals surface area contributed by atoms with Crippen LogP contribution in [0, 0.1) is 0 Å². The second-order valence-corrected chi connectivity index (χ2v) is 18.0. The maximum Gasteiger partial charge on any atom is 0.0726 e. The third kappa shape index (κ3) is 5.05. The zero-order valence-corrected chi connectivity index (χ0v) is 35.3. The molecular weight excluding hydrogens is 759 g/mol. The second kappa shape index (κ2) is 13.4. The van der Waals surface area contributed by atoms with Gasteiger partial charge in [0.05, 0.1) is 5.41 Å². The molecule has 0 saturated heterocycles. The highest BCUT2D eigenvalue weighted by molar-refractivity contribution is 5.98. The minimum Gasteiger partial charge on any atom is -0.310 e. The van der Waals surface area contributed by atoms with Crippen LogP contribution in [-0.2, 0) is 10.8 Å². The van der Waals surface area contributed by atoms with Gasteiger partial charge in [-0.15, -0.1) is 0 Å². The van der Waals surface area contributed by atoms with Crippen LogP contribution in [0.1, 0.15) is 47.2 Å². The van der Waals surface area contributed by atoms with E-state index in [1.807, 2.05) is 0 Å². The van der Waals surface area contributed by atoms with Gasteiger partial charge in [-0.1, -0.05) is 196 Å². The number of nitrogens with zero attached hydrogens (tertiary/aromatic N) is 1. The van der Waals surface area contributed by atoms with Crippen LogP contribution in [0.3, 0.4) is 0 Å². The Morgan fingerprint density at radius 2 is 0.810 bits per heavy atom. The molecule has 0 N–H and O–H groups in total. The molecule has 0 aliphatic heterocycles. The lowest BCUT2D eigenvalue weighted by atomic mass is 9.70. The van der Waals surface area contributed by atoms with Gasteiger partial charge in [-0.25, -0.2) is 0 Å². The van der Waals surface area contributed by atoms with Crippen molar-refractivity contribution in [1.29, 1.82) is 0 Å². The molecule has 0 aromatic heterocycles. The summed E-state index contributed by atoms with van der Waals surface area (Å²) in [6, 6.07) is 84.0. The molecule has 1 nitrogen and oxygen atoms in total. The van der Waals surface area contributed by atoms with E-state index < -0.39 is 5.41 Å². The van der Waals surface area contributed by atoms with Gasteiger partial charge in [0.1, 0.15) is 0 Å². The highest BCUT2D eigenvalue weighted by Gasteiger charge is 2.51. The van der Waals surface area contributed by atoms with E-state index in [1.54, 1.807) is 0 Å². The quantitative estimate of drug-likeness (QED) is 0.168. The molecule has 3 aliphatic carbocycles. The Labute approximate surface area is 369 Å². The predicted molar refractivity (Wildman–Crippen MR) is 263 cm³/mol. The molecule has 13 rings (SSSR count). The predicted octanol–water partition coefficient (Wildman–Crippen LogP) is 16.3. The molecular formula is C62H43N. The van der Waals surface area contributed by atoms with Crippen molar-refractivity contribution in [3.05, 3.63) is 258 Å². The van der Waals surface area contributed by atoms with Gasteiger partial charge in [0, 0.05) is 22.5 Å². The second-order valence-electron chi connectivity index (χ2n) is 18.0. The van der Waals surface area contributed by atoms with Gasteiger partial charge >= 0.3 is 0 Å². The normalized spacial score (nSPS) is 14.1. The summed E-state index contributed by atoms with van der Waals surface area (Å²) < 4.78 is 0. The Balaban J connectivity index is 1.04. The Morgan fingerprint density at radius 1 is 0.286 bits per heavy atom. The van der Waals surface area contributed by atoms with E-state index in [0.717, 1.165) is 17.1 Å². The molecule has 63 heavy (non-hydrogen) atoms. The van der Waals surface area contributed by atoms with E-state index in [9.17, 15) is 0 Å². The first kappa shape index (κ1) is 36.0. The fourth-order valence-electron chi connectivity index (χ4n) is 11.6. The molecule has 0 amide bonds. The lowest BCUT2D eigenvalue weighted by molar-refractivity contribution is 0.660. The molecule has 296 valence electrons. The van der Waals surface area contributed by atoms with Crippen LogP contribution in [0.5, 0.6) is 0 Å². The van der Waals surface area contributed by atoms with Crippen LogP contribution in [0.25, 0.3) is 66.4 Å². The molecule has 0 bridgehead atoms. The van der Waals surface area contributed by atoms with Crippen LogP contribution in [0.15, 0.2) is 224 Å². The molecule has 10 aromatic carbocycles. The van der Waals surface area contributed by atoms with Gasteiger partial charge in [0.15, 0.2) is 0 Å². The Bertz CT molecular complexity index is 3420. The molecule has 0 atom stereocenters. The zero-order chi connectivity index (χ0) is 41.9. The number of hydrogen-bond donors (Lipinski definition) is 0. The van der Waals surface area contributed by atoms with Crippen LogP contribution in [0.2, 0.25) is 0 Å². The van der Waals surface area contributed by atoms with Crippen molar-refractivity contribution in [2.45, 2.75) is 24.7 Å². The third-order valence-electron chi connectivity index (χ3n) is 14.5. The first-order chi connectivity index (χ1) is 31.0. The first-order valence-corrected chi connectivity index (χ1v) is 22.2. The Hall–Kier alpha value is -7.74. The van der Waals surface area contributed by atoms with Crippen molar-refractivity contribution >= 4 is 27.8 Å². The summed E-state index contributed by atoms with van der Waals surface area (Å²) >= 11 is 0. The molecule has 0 saturated carbocycles. The van der Waals surface area contributed by atoms with Crippen molar-refractivity contribution in [2.24, 2.45) is 0 Å². The molecule has 0 unspecified atom stereocenters. The Kier molecular flexibility index (Phi) is 7.64. The number of rotatable bonds is 5. The minimum absolute atomic E-state index is 0.144. The van der Waals surface area contributed by atoms with Gasteiger partial charge in [-0.3, -0.25) is 0 Å². The summed E-state index contributed by atoms with van der Waals surface area (Å²) in [5, 5.41) is 2.50. The molecule has 1 heteroatoms. The summed E-state index contributed by atoms with van der Waals surface area (Å²) in [5.74, 6) is 0. The van der Waals surface area contributed by atoms with E-state index in [0.29, 0.717) is 0 Å². The standard InChI is InChI=1S/C62H43N/c1-61(2)54-36-34-46(38-53(54)60-48(22-14-26-58(60)61)42-16-4-3-5-17-42)63(45-31-29-41(30-32-45)44-28-27-40-15-6-7-18-43(40)37-44)47-33-35-52-51-21-10-13-25-57(51)62(59(52)39-47)55-23-11-8-19-49(55)50-20-9-12-24-56(50)62/h3-39H,1-2H3. The van der Waals surface area contributed by atoms with Crippen molar-refractivity contribution in [3.8, 4) is 55.6 Å². The summed E-state index contributed by atoms with van der Waals surface area (Å²) in [7, 11) is 0. The van der Waals surface area contributed by atoms with Crippen LogP contribution in [0.4, 0.5) is 17.1 Å². The van der Waals surface area contributed by atoms with E-state index in [2.05, 4.69) is 243 Å². The van der Waals surface area contributed by atoms with Gasteiger partial charge in [-0.2, -0.15) is 0 Å². The van der Waals surface area contributed by atoms with E-state index >= 15 is 0 Å². The average molecular weight is 802 g/mol. The highest BCUT2D eigenvalue weighted by atomic mass is 15.1. The van der Waals surface area contributed by atoms with Gasteiger partial charge in [-0.05, 0) is 142 Å². The smallest absolute Gasteiger partial charge is 0.0726 e. The third-order valence-corrected chi connectivity index (χ3v) is 14.5. The van der Waals surface area contributed by atoms with Crippen molar-refractivity contribution in [3.63, 3.8) is 0 Å². The molecule has 10 aromatic rings. The number of benzene rings is 10. The fraction of sp³-hybridized carbons (Fsp3) is 0.0645. The average Bonchev–Trinajstić information content (AvgIpc) is 3.90. The lowest BCUT2D eigenvalue weighted by Crippen LogP contribution is -2.26. The minimum atomic E-state index is -0.438. The highest BCUT2D eigenvalue weighted by Crippen LogP contribution is 2.63. The maximum atomic E-state index is 2.51. The topological polar surface area (TPSA) is 3.24 Å². The SMILES string of the molecule is CC1(C)c2ccc(N(c3ccc(-c4ccc5ccccc5c4)cc3)c3ccc4c(c3)C3(c5ccccc5-c5ccccc53)c3ccccc3-4)cc2-c2c(-c3ccccc3)cccc21. The molecule has 3 aliphatic rings. The first-order valence-electron chi connectivity index (χ1n) is 22.2. The van der Waals surface area contributed by atoms with Crippen LogP contribution in [-0.4, -0.2) is 0 Å².